The van der Waals surface area contributed by atoms with E-state index in [-0.39, 0.29) is 5.91 Å². The summed E-state index contributed by atoms with van der Waals surface area (Å²) in [4.78, 5) is 28.0. The zero-order valence-electron chi connectivity index (χ0n) is 11.5. The molecular weight excluding hydrogens is 256 g/mol. The first kappa shape index (κ1) is 13.0. The first-order valence-electron chi connectivity index (χ1n) is 6.92. The molecule has 5 nitrogen and oxygen atoms in total. The number of benzene rings is 1. The fourth-order valence-electron chi connectivity index (χ4n) is 3.02. The number of rotatable bonds is 2. The van der Waals surface area contributed by atoms with Crippen molar-refractivity contribution in [2.45, 2.75) is 19.3 Å². The van der Waals surface area contributed by atoms with Crippen LogP contribution >= 0.6 is 0 Å². The molecule has 3 rings (SSSR count). The van der Waals surface area contributed by atoms with Crippen molar-refractivity contribution in [3.63, 3.8) is 0 Å². The third-order valence-electron chi connectivity index (χ3n) is 4.51. The summed E-state index contributed by atoms with van der Waals surface area (Å²) in [6.45, 7) is 1.26. The average Bonchev–Trinajstić information content (AvgIpc) is 2.37. The van der Waals surface area contributed by atoms with Crippen LogP contribution in [0.4, 0.5) is 11.4 Å². The molecule has 106 valence electrons. The van der Waals surface area contributed by atoms with Gasteiger partial charge in [0.25, 0.3) is 0 Å². The average molecular weight is 274 g/mol. The predicted molar refractivity (Wildman–Crippen MR) is 76.0 cm³/mol. The van der Waals surface area contributed by atoms with Gasteiger partial charge in [-0.2, -0.15) is 0 Å². The topological polar surface area (TPSA) is 60.9 Å². The molecule has 1 aromatic carbocycles. The quantitative estimate of drug-likeness (QED) is 0.834. The summed E-state index contributed by atoms with van der Waals surface area (Å²) in [5.74, 6) is -1.23. The molecule has 0 saturated heterocycles. The second-order valence-corrected chi connectivity index (χ2v) is 5.61. The summed E-state index contributed by atoms with van der Waals surface area (Å²) in [5.41, 5.74) is 0.606. The van der Waals surface area contributed by atoms with Crippen LogP contribution in [0.2, 0.25) is 0 Å². The van der Waals surface area contributed by atoms with Crippen LogP contribution in [0.15, 0.2) is 24.3 Å². The molecule has 20 heavy (non-hydrogen) atoms. The van der Waals surface area contributed by atoms with Gasteiger partial charge in [-0.3, -0.25) is 9.59 Å². The van der Waals surface area contributed by atoms with E-state index in [2.05, 4.69) is 4.90 Å². The molecular formula is C15H18N2O3. The Morgan fingerprint density at radius 1 is 1.15 bits per heavy atom. The summed E-state index contributed by atoms with van der Waals surface area (Å²) in [6, 6.07) is 7.66. The molecule has 1 amide bonds. The highest BCUT2D eigenvalue weighted by atomic mass is 16.4. The smallest absolute Gasteiger partial charge is 0.319 e. The van der Waals surface area contributed by atoms with E-state index in [4.69, 9.17) is 0 Å². The lowest BCUT2D eigenvalue weighted by molar-refractivity contribution is -0.160. The lowest BCUT2D eigenvalue weighted by atomic mass is 9.67. The van der Waals surface area contributed by atoms with Crippen LogP contribution in [0, 0.1) is 5.41 Å². The minimum atomic E-state index is -1.19. The van der Waals surface area contributed by atoms with Gasteiger partial charge in [-0.1, -0.05) is 18.6 Å². The maximum absolute atomic E-state index is 12.7. The molecule has 5 heteroatoms. The molecule has 1 aromatic rings. The number of para-hydroxylation sites is 2. The van der Waals surface area contributed by atoms with Gasteiger partial charge in [-0.15, -0.1) is 0 Å². The first-order valence-corrected chi connectivity index (χ1v) is 6.92. The lowest BCUT2D eigenvalue weighted by Gasteiger charge is -2.43. The molecule has 0 spiro atoms. The van der Waals surface area contributed by atoms with Gasteiger partial charge >= 0.3 is 5.97 Å². The number of carbonyl (C=O) groups excluding carboxylic acids is 1. The van der Waals surface area contributed by atoms with Crippen molar-refractivity contribution in [3.8, 4) is 0 Å². The summed E-state index contributed by atoms with van der Waals surface area (Å²) in [7, 11) is 1.98. The standard InChI is InChI=1S/C15H18N2O3/c1-16-9-10-17(12-6-3-2-5-11(12)16)13(18)15(14(19)20)7-4-8-15/h2-3,5-6H,4,7-10H2,1H3,(H,19,20). The molecule has 1 saturated carbocycles. The van der Waals surface area contributed by atoms with Gasteiger partial charge < -0.3 is 14.9 Å². The second-order valence-electron chi connectivity index (χ2n) is 5.61. The maximum Gasteiger partial charge on any atom is 0.319 e. The van der Waals surface area contributed by atoms with Crippen molar-refractivity contribution in [2.75, 3.05) is 29.9 Å². The third-order valence-corrected chi connectivity index (χ3v) is 4.51. The lowest BCUT2D eigenvalue weighted by Crippen LogP contribution is -2.55. The van der Waals surface area contributed by atoms with Crippen molar-refractivity contribution < 1.29 is 14.7 Å². The predicted octanol–water partition coefficient (Wildman–Crippen LogP) is 1.72. The van der Waals surface area contributed by atoms with Crippen LogP contribution in [-0.2, 0) is 9.59 Å². The van der Waals surface area contributed by atoms with Gasteiger partial charge in [0.15, 0.2) is 0 Å². The van der Waals surface area contributed by atoms with Gasteiger partial charge in [0.2, 0.25) is 5.91 Å². The molecule has 0 radical (unpaired) electrons. The van der Waals surface area contributed by atoms with Crippen LogP contribution in [-0.4, -0.2) is 37.1 Å². The summed E-state index contributed by atoms with van der Waals surface area (Å²) < 4.78 is 0. The van der Waals surface area contributed by atoms with E-state index in [1.807, 2.05) is 31.3 Å². The Balaban J connectivity index is 1.98. The molecule has 0 bridgehead atoms. The van der Waals surface area contributed by atoms with Crippen LogP contribution in [0.3, 0.4) is 0 Å². The molecule has 0 aromatic heterocycles. The van der Waals surface area contributed by atoms with Gasteiger partial charge in [-0.25, -0.2) is 0 Å². The molecule has 1 aliphatic heterocycles. The summed E-state index contributed by atoms with van der Waals surface area (Å²) in [5, 5.41) is 9.43. The number of nitrogens with zero attached hydrogens (tertiary/aromatic N) is 2. The zero-order valence-corrected chi connectivity index (χ0v) is 11.5. The minimum absolute atomic E-state index is 0.253. The maximum atomic E-state index is 12.7. The Bertz CT molecular complexity index is 566. The molecule has 1 N–H and O–H groups in total. The Morgan fingerprint density at radius 3 is 2.35 bits per heavy atom. The van der Waals surface area contributed by atoms with Crippen LogP contribution in [0.5, 0.6) is 0 Å². The number of anilines is 2. The number of aliphatic carboxylic acids is 1. The fraction of sp³-hybridized carbons (Fsp3) is 0.467. The molecule has 0 atom stereocenters. The van der Waals surface area contributed by atoms with Crippen LogP contribution in [0.1, 0.15) is 19.3 Å². The summed E-state index contributed by atoms with van der Waals surface area (Å²) in [6.07, 6.45) is 1.72. The fourth-order valence-corrected chi connectivity index (χ4v) is 3.02. The van der Waals surface area contributed by atoms with E-state index in [1.165, 1.54) is 0 Å². The number of carboxylic acids is 1. The number of likely N-dealkylation sites (N-methyl/N-ethyl adjacent to an activating group) is 1. The van der Waals surface area contributed by atoms with E-state index in [0.29, 0.717) is 19.4 Å². The third kappa shape index (κ3) is 1.69. The Labute approximate surface area is 117 Å². The monoisotopic (exact) mass is 274 g/mol. The number of hydrogen-bond acceptors (Lipinski definition) is 3. The number of fused-ring (bicyclic) bond motifs is 1. The number of carbonyl (C=O) groups is 2. The zero-order chi connectivity index (χ0) is 14.3. The van der Waals surface area contributed by atoms with Crippen molar-refractivity contribution in [1.82, 2.24) is 0 Å². The van der Waals surface area contributed by atoms with E-state index < -0.39 is 11.4 Å². The van der Waals surface area contributed by atoms with Crippen molar-refractivity contribution in [1.29, 1.82) is 0 Å². The van der Waals surface area contributed by atoms with Gasteiger partial charge in [0.05, 0.1) is 11.4 Å². The Hall–Kier alpha value is -2.04. The second kappa shape index (κ2) is 4.51. The van der Waals surface area contributed by atoms with E-state index in [9.17, 15) is 14.7 Å². The number of hydrogen-bond donors (Lipinski definition) is 1. The van der Waals surface area contributed by atoms with Crippen molar-refractivity contribution in [3.05, 3.63) is 24.3 Å². The highest BCUT2D eigenvalue weighted by Crippen LogP contribution is 2.45. The first-order chi connectivity index (χ1) is 9.56. The van der Waals surface area contributed by atoms with Gasteiger partial charge in [0, 0.05) is 20.1 Å². The van der Waals surface area contributed by atoms with E-state index >= 15 is 0 Å². The number of amides is 1. The van der Waals surface area contributed by atoms with Crippen molar-refractivity contribution in [2.24, 2.45) is 5.41 Å². The SMILES string of the molecule is CN1CCN(C(=O)C2(C(=O)O)CCC2)c2ccccc21. The van der Waals surface area contributed by atoms with Crippen LogP contribution in [0.25, 0.3) is 0 Å². The number of carboxylic acid groups (broad SMARTS) is 1. The largest absolute Gasteiger partial charge is 0.480 e. The minimum Gasteiger partial charge on any atom is -0.480 e. The van der Waals surface area contributed by atoms with Crippen molar-refractivity contribution >= 4 is 23.3 Å². The molecule has 1 fully saturated rings. The highest BCUT2D eigenvalue weighted by Gasteiger charge is 2.53. The van der Waals surface area contributed by atoms with Gasteiger partial charge in [0.1, 0.15) is 5.41 Å². The Kier molecular flexibility index (Phi) is 2.92. The normalized spacial score (nSPS) is 20.1. The summed E-state index contributed by atoms with van der Waals surface area (Å²) >= 11 is 0. The van der Waals surface area contributed by atoms with Gasteiger partial charge in [-0.05, 0) is 25.0 Å². The Morgan fingerprint density at radius 2 is 1.80 bits per heavy atom. The van der Waals surface area contributed by atoms with E-state index in [0.717, 1.165) is 24.3 Å². The molecule has 1 heterocycles. The molecule has 1 aliphatic carbocycles. The van der Waals surface area contributed by atoms with E-state index in [1.54, 1.807) is 4.90 Å². The molecule has 0 unspecified atom stereocenters. The van der Waals surface area contributed by atoms with Crippen LogP contribution < -0.4 is 9.80 Å². The molecule has 2 aliphatic rings. The highest BCUT2D eigenvalue weighted by molar-refractivity contribution is 6.11.